The molecule has 0 aliphatic rings. The Kier molecular flexibility index (Phi) is 7.52. The summed E-state index contributed by atoms with van der Waals surface area (Å²) in [4.78, 5) is 12.5. The molecule has 0 aliphatic heterocycles. The van der Waals surface area contributed by atoms with Crippen molar-refractivity contribution in [2.24, 2.45) is 5.10 Å². The Hall–Kier alpha value is -2.59. The highest BCUT2D eigenvalue weighted by molar-refractivity contribution is 14.1. The molecule has 0 bridgehead atoms. The second-order valence-corrected chi connectivity index (χ2v) is 10.8. The Morgan fingerprint density at radius 1 is 1.00 bits per heavy atom. The van der Waals surface area contributed by atoms with Crippen molar-refractivity contribution in [2.75, 3.05) is 0 Å². The maximum absolute atomic E-state index is 12.5. The number of hydrogen-bond acceptors (Lipinski definition) is 4. The van der Waals surface area contributed by atoms with Gasteiger partial charge in [0.25, 0.3) is 0 Å². The number of nitrogens with zero attached hydrogens (tertiary/aromatic N) is 1. The van der Waals surface area contributed by atoms with Crippen molar-refractivity contribution in [3.8, 4) is 5.75 Å². The molecule has 4 aromatic carbocycles. The van der Waals surface area contributed by atoms with E-state index in [1.54, 1.807) is 18.2 Å². The number of fused-ring (bicyclic) bond motifs is 2. The third-order valence-electron chi connectivity index (χ3n) is 5.36. The zero-order valence-electron chi connectivity index (χ0n) is 18.4. The minimum Gasteiger partial charge on any atom is -0.486 e. The fraction of sp³-hybridized carbons (Fsp3) is 0.0370. The van der Waals surface area contributed by atoms with E-state index < -0.39 is 5.91 Å². The molecule has 1 aromatic heterocycles. The van der Waals surface area contributed by atoms with E-state index in [1.165, 1.54) is 6.21 Å². The van der Waals surface area contributed by atoms with E-state index >= 15 is 0 Å². The number of carbonyl (C=O) groups excluding carboxylic acids is 1. The standard InChI is InChI=1S/C27H16BrCl2IN2O3/c28-20-10-19-11-24(36-25(19)23(31)12-20)27(34)33-32-13-16-8-21(29)26(22(30)9-16)35-14-15-5-6-17-3-1-2-4-18(17)7-15/h1-13H,14H2,(H,33,34)/b32-13-. The van der Waals surface area contributed by atoms with Gasteiger partial charge in [0.05, 0.1) is 19.8 Å². The highest BCUT2D eigenvalue weighted by Crippen LogP contribution is 2.34. The van der Waals surface area contributed by atoms with E-state index in [9.17, 15) is 4.79 Å². The van der Waals surface area contributed by atoms with E-state index in [-0.39, 0.29) is 5.76 Å². The van der Waals surface area contributed by atoms with Crippen LogP contribution in [-0.4, -0.2) is 12.1 Å². The monoisotopic (exact) mass is 692 g/mol. The summed E-state index contributed by atoms with van der Waals surface area (Å²) in [6.07, 6.45) is 1.45. The summed E-state index contributed by atoms with van der Waals surface area (Å²) in [6, 6.07) is 23.1. The number of amides is 1. The third kappa shape index (κ3) is 5.54. The average Bonchev–Trinajstić information content (AvgIpc) is 3.28. The molecule has 1 amide bonds. The van der Waals surface area contributed by atoms with Gasteiger partial charge in [0, 0.05) is 9.86 Å². The van der Waals surface area contributed by atoms with Crippen LogP contribution in [0.4, 0.5) is 0 Å². The molecular formula is C27H16BrCl2IN2O3. The Morgan fingerprint density at radius 2 is 1.75 bits per heavy atom. The fourth-order valence-corrected chi connectivity index (χ4v) is 5.96. The number of hydrogen-bond donors (Lipinski definition) is 1. The molecule has 1 heterocycles. The minimum atomic E-state index is -0.470. The first kappa shape index (κ1) is 25.1. The quantitative estimate of drug-likeness (QED) is 0.110. The smallest absolute Gasteiger partial charge is 0.307 e. The van der Waals surface area contributed by atoms with Gasteiger partial charge in [-0.25, -0.2) is 5.43 Å². The lowest BCUT2D eigenvalue weighted by Crippen LogP contribution is -2.16. The molecule has 0 saturated heterocycles. The molecule has 180 valence electrons. The summed E-state index contributed by atoms with van der Waals surface area (Å²) in [5, 5.41) is 7.81. The van der Waals surface area contributed by atoms with Crippen LogP contribution in [0.1, 0.15) is 21.7 Å². The highest BCUT2D eigenvalue weighted by Gasteiger charge is 2.14. The van der Waals surface area contributed by atoms with Crippen molar-refractivity contribution in [3.63, 3.8) is 0 Å². The zero-order valence-corrected chi connectivity index (χ0v) is 23.7. The number of ether oxygens (including phenoxy) is 1. The summed E-state index contributed by atoms with van der Waals surface area (Å²) in [7, 11) is 0. The fourth-order valence-electron chi connectivity index (χ4n) is 3.68. The number of benzene rings is 4. The van der Waals surface area contributed by atoms with Crippen LogP contribution < -0.4 is 10.2 Å². The van der Waals surface area contributed by atoms with Gasteiger partial charge in [-0.2, -0.15) is 5.10 Å². The van der Waals surface area contributed by atoms with Crippen molar-refractivity contribution < 1.29 is 13.9 Å². The molecule has 36 heavy (non-hydrogen) atoms. The number of carbonyl (C=O) groups is 1. The topological polar surface area (TPSA) is 63.8 Å². The van der Waals surface area contributed by atoms with Gasteiger partial charge in [0.2, 0.25) is 0 Å². The van der Waals surface area contributed by atoms with Gasteiger partial charge in [0.1, 0.15) is 12.2 Å². The molecule has 0 spiro atoms. The Balaban J connectivity index is 1.25. The van der Waals surface area contributed by atoms with Gasteiger partial charge in [-0.15, -0.1) is 0 Å². The normalized spacial score (nSPS) is 11.4. The Bertz CT molecular complexity index is 1630. The molecule has 9 heteroatoms. The molecule has 0 aliphatic carbocycles. The SMILES string of the molecule is O=C(N/N=C\c1cc(Cl)c(OCc2ccc3ccccc3c2)c(Cl)c1)c1cc2cc(Br)cc(I)c2o1. The van der Waals surface area contributed by atoms with E-state index in [4.69, 9.17) is 32.4 Å². The van der Waals surface area contributed by atoms with E-state index in [0.717, 1.165) is 29.8 Å². The van der Waals surface area contributed by atoms with Crippen LogP contribution >= 0.6 is 61.7 Å². The Morgan fingerprint density at radius 3 is 2.53 bits per heavy atom. The molecule has 0 unspecified atom stereocenters. The van der Waals surface area contributed by atoms with Crippen LogP contribution in [0.3, 0.4) is 0 Å². The number of nitrogens with one attached hydrogen (secondary N) is 1. The molecule has 0 fully saturated rings. The molecule has 0 saturated carbocycles. The van der Waals surface area contributed by atoms with E-state index in [2.05, 4.69) is 73.3 Å². The van der Waals surface area contributed by atoms with E-state index in [0.29, 0.717) is 33.5 Å². The summed E-state index contributed by atoms with van der Waals surface area (Å²) < 4.78 is 13.4. The van der Waals surface area contributed by atoms with Crippen molar-refractivity contribution in [3.05, 3.63) is 108 Å². The summed E-state index contributed by atoms with van der Waals surface area (Å²) in [5.74, 6) is 0.0734. The third-order valence-corrected chi connectivity index (χ3v) is 7.18. The first-order valence-corrected chi connectivity index (χ1v) is 13.3. The number of hydrazone groups is 1. The first-order chi connectivity index (χ1) is 17.4. The van der Waals surface area contributed by atoms with Crippen LogP contribution in [0, 0.1) is 3.57 Å². The molecular weight excluding hydrogens is 678 g/mol. The lowest BCUT2D eigenvalue weighted by atomic mass is 10.1. The number of rotatable bonds is 6. The van der Waals surface area contributed by atoms with E-state index in [1.807, 2.05) is 30.3 Å². The maximum atomic E-state index is 12.5. The van der Waals surface area contributed by atoms with Gasteiger partial charge >= 0.3 is 5.91 Å². The second-order valence-electron chi connectivity index (χ2n) is 7.90. The zero-order chi connectivity index (χ0) is 25.2. The summed E-state index contributed by atoms with van der Waals surface area (Å²) in [5.41, 5.74) is 4.71. The lowest BCUT2D eigenvalue weighted by Gasteiger charge is -2.11. The summed E-state index contributed by atoms with van der Waals surface area (Å²) in [6.45, 7) is 0.320. The van der Waals surface area contributed by atoms with Crippen LogP contribution in [0.15, 0.2) is 86.8 Å². The van der Waals surface area contributed by atoms with Gasteiger partial charge < -0.3 is 9.15 Å². The number of furan rings is 1. The van der Waals surface area contributed by atoms with Crippen molar-refractivity contribution in [1.29, 1.82) is 0 Å². The van der Waals surface area contributed by atoms with Crippen LogP contribution in [0.5, 0.6) is 5.75 Å². The Labute approximate surface area is 238 Å². The second kappa shape index (κ2) is 10.8. The average molecular weight is 694 g/mol. The highest BCUT2D eigenvalue weighted by atomic mass is 127. The van der Waals surface area contributed by atoms with Gasteiger partial charge in [-0.05, 0) is 80.9 Å². The van der Waals surface area contributed by atoms with Crippen LogP contribution in [-0.2, 0) is 6.61 Å². The molecule has 5 nitrogen and oxygen atoms in total. The molecule has 5 rings (SSSR count). The van der Waals surface area contributed by atoms with Gasteiger partial charge in [-0.3, -0.25) is 4.79 Å². The summed E-state index contributed by atoms with van der Waals surface area (Å²) >= 11 is 18.5. The largest absolute Gasteiger partial charge is 0.486 e. The van der Waals surface area contributed by atoms with Crippen molar-refractivity contribution >= 4 is 95.6 Å². The maximum Gasteiger partial charge on any atom is 0.307 e. The first-order valence-electron chi connectivity index (χ1n) is 10.7. The van der Waals surface area contributed by atoms with Crippen LogP contribution in [0.2, 0.25) is 10.0 Å². The van der Waals surface area contributed by atoms with Gasteiger partial charge in [-0.1, -0.05) is 75.5 Å². The molecule has 1 N–H and O–H groups in total. The predicted molar refractivity (Wildman–Crippen MR) is 156 cm³/mol. The van der Waals surface area contributed by atoms with Crippen molar-refractivity contribution in [1.82, 2.24) is 5.43 Å². The molecule has 0 atom stereocenters. The number of halogens is 4. The minimum absolute atomic E-state index is 0.159. The predicted octanol–water partition coefficient (Wildman–Crippen LogP) is 8.60. The molecule has 0 radical (unpaired) electrons. The van der Waals surface area contributed by atoms with Gasteiger partial charge in [0.15, 0.2) is 11.5 Å². The molecule has 5 aromatic rings. The lowest BCUT2D eigenvalue weighted by molar-refractivity contribution is 0.0929. The van der Waals surface area contributed by atoms with Crippen molar-refractivity contribution in [2.45, 2.75) is 6.61 Å². The van der Waals surface area contributed by atoms with Crippen LogP contribution in [0.25, 0.3) is 21.7 Å².